The minimum atomic E-state index is -1.22. The maximum atomic E-state index is 14.0. The molecule has 1 N–H and O–H groups in total. The van der Waals surface area contributed by atoms with E-state index >= 15 is 0 Å². The van der Waals surface area contributed by atoms with Gasteiger partial charge in [0.15, 0.2) is 5.82 Å². The normalized spacial score (nSPS) is 16.8. The molecule has 0 saturated heterocycles. The van der Waals surface area contributed by atoms with Crippen molar-refractivity contribution in [2.24, 2.45) is 0 Å². The number of nitrogens with zero attached hydrogens (tertiary/aromatic N) is 4. The molecule has 24 heavy (non-hydrogen) atoms. The zero-order chi connectivity index (χ0) is 17.6. The maximum absolute atomic E-state index is 14.0. The second kappa shape index (κ2) is 5.66. The minimum absolute atomic E-state index is 0.0307. The van der Waals surface area contributed by atoms with Gasteiger partial charge >= 0.3 is 5.97 Å². The number of aliphatic carboxylic acids is 1. The van der Waals surface area contributed by atoms with Gasteiger partial charge in [-0.3, -0.25) is 4.79 Å². The van der Waals surface area contributed by atoms with Gasteiger partial charge < -0.3 is 14.6 Å². The Kier molecular flexibility index (Phi) is 3.78. The Hall–Kier alpha value is -2.84. The first-order valence-electron chi connectivity index (χ1n) is 7.17. The number of rotatable bonds is 2. The van der Waals surface area contributed by atoms with E-state index < -0.39 is 29.6 Å². The zero-order valence-electron chi connectivity index (χ0n) is 13.0. The molecular formula is C15H14F2N4O3. The summed E-state index contributed by atoms with van der Waals surface area (Å²) in [4.78, 5) is 25.2. The van der Waals surface area contributed by atoms with Gasteiger partial charge in [-0.25, -0.2) is 13.6 Å². The van der Waals surface area contributed by atoms with E-state index in [0.717, 1.165) is 11.0 Å². The lowest BCUT2D eigenvalue weighted by Crippen LogP contribution is -2.51. The van der Waals surface area contributed by atoms with Crippen LogP contribution in [0.5, 0.6) is 0 Å². The van der Waals surface area contributed by atoms with Crippen LogP contribution in [0.3, 0.4) is 0 Å². The van der Waals surface area contributed by atoms with Gasteiger partial charge in [-0.1, -0.05) is 0 Å². The Morgan fingerprint density at radius 3 is 2.58 bits per heavy atom. The summed E-state index contributed by atoms with van der Waals surface area (Å²) in [5.74, 6) is -2.90. The van der Waals surface area contributed by atoms with E-state index in [2.05, 4.69) is 10.2 Å². The second-order valence-electron chi connectivity index (χ2n) is 5.64. The molecule has 2 heterocycles. The highest BCUT2D eigenvalue weighted by Gasteiger charge is 2.37. The highest BCUT2D eigenvalue weighted by atomic mass is 19.1. The van der Waals surface area contributed by atoms with Crippen LogP contribution in [-0.2, 0) is 17.9 Å². The quantitative estimate of drug-likeness (QED) is 0.892. The number of amides is 1. The molecule has 1 aromatic heterocycles. The first-order valence-corrected chi connectivity index (χ1v) is 7.17. The highest BCUT2D eigenvalue weighted by molar-refractivity contribution is 5.97. The fourth-order valence-electron chi connectivity index (χ4n) is 2.71. The van der Waals surface area contributed by atoms with Crippen molar-refractivity contribution in [1.29, 1.82) is 0 Å². The number of halogens is 2. The molecule has 7 nitrogen and oxygen atoms in total. The molecule has 1 aliphatic rings. The molecule has 126 valence electrons. The predicted octanol–water partition coefficient (Wildman–Crippen LogP) is 1.28. The summed E-state index contributed by atoms with van der Waals surface area (Å²) in [5.41, 5.74) is -0.271. The van der Waals surface area contributed by atoms with Crippen LogP contribution in [0.1, 0.15) is 27.6 Å². The van der Waals surface area contributed by atoms with Crippen molar-refractivity contribution in [3.8, 4) is 0 Å². The summed E-state index contributed by atoms with van der Waals surface area (Å²) in [6.45, 7) is 2.93. The maximum Gasteiger partial charge on any atom is 0.328 e. The van der Waals surface area contributed by atoms with E-state index in [-0.39, 0.29) is 24.2 Å². The lowest BCUT2D eigenvalue weighted by atomic mass is 10.1. The SMILES string of the molecule is Cc1cc(C(=O)N2Cc3nnc(C)n3CC2C(=O)O)c(F)cc1F. The van der Waals surface area contributed by atoms with Crippen molar-refractivity contribution in [1.82, 2.24) is 19.7 Å². The Morgan fingerprint density at radius 1 is 1.21 bits per heavy atom. The highest BCUT2D eigenvalue weighted by Crippen LogP contribution is 2.23. The summed E-state index contributed by atoms with van der Waals surface area (Å²) in [5, 5.41) is 17.2. The first kappa shape index (κ1) is 16.0. The average Bonchev–Trinajstić information content (AvgIpc) is 2.89. The summed E-state index contributed by atoms with van der Waals surface area (Å²) < 4.78 is 29.0. The van der Waals surface area contributed by atoms with Crippen LogP contribution in [0.2, 0.25) is 0 Å². The van der Waals surface area contributed by atoms with E-state index in [9.17, 15) is 23.5 Å². The molecule has 1 aromatic carbocycles. The van der Waals surface area contributed by atoms with Crippen molar-refractivity contribution in [3.05, 3.63) is 46.5 Å². The van der Waals surface area contributed by atoms with E-state index in [1.807, 2.05) is 0 Å². The molecule has 1 aliphatic heterocycles. The number of fused-ring (bicyclic) bond motifs is 1. The van der Waals surface area contributed by atoms with Crippen LogP contribution in [0.15, 0.2) is 12.1 Å². The standard InChI is InChI=1S/C15H14F2N4O3/c1-7-3-9(11(17)4-10(7)16)14(22)21-6-13-19-18-8(2)20(13)5-12(21)15(23)24/h3-4,12H,5-6H2,1-2H3,(H,23,24). The number of carboxylic acids is 1. The Bertz CT molecular complexity index is 849. The summed E-state index contributed by atoms with van der Waals surface area (Å²) in [6.07, 6.45) is 0. The predicted molar refractivity (Wildman–Crippen MR) is 77.2 cm³/mol. The number of hydrogen-bond acceptors (Lipinski definition) is 4. The van der Waals surface area contributed by atoms with Gasteiger partial charge in [0.2, 0.25) is 0 Å². The Morgan fingerprint density at radius 2 is 1.92 bits per heavy atom. The smallest absolute Gasteiger partial charge is 0.328 e. The number of carbonyl (C=O) groups excluding carboxylic acids is 1. The van der Waals surface area contributed by atoms with Crippen molar-refractivity contribution >= 4 is 11.9 Å². The van der Waals surface area contributed by atoms with E-state index in [1.165, 1.54) is 6.92 Å². The molecule has 0 aliphatic carbocycles. The lowest BCUT2D eigenvalue weighted by Gasteiger charge is -2.33. The second-order valence-corrected chi connectivity index (χ2v) is 5.64. The number of aryl methyl sites for hydroxylation is 2. The van der Waals surface area contributed by atoms with Crippen LogP contribution in [-0.4, -0.2) is 42.7 Å². The Balaban J connectivity index is 2.02. The van der Waals surface area contributed by atoms with Crippen molar-refractivity contribution in [3.63, 3.8) is 0 Å². The van der Waals surface area contributed by atoms with Crippen molar-refractivity contribution in [2.75, 3.05) is 0 Å². The Labute approximate surface area is 135 Å². The molecule has 1 atom stereocenters. The van der Waals surface area contributed by atoms with Gasteiger partial charge in [0.25, 0.3) is 5.91 Å². The number of benzene rings is 1. The molecular weight excluding hydrogens is 322 g/mol. The third-order valence-corrected chi connectivity index (χ3v) is 4.08. The van der Waals surface area contributed by atoms with Crippen molar-refractivity contribution in [2.45, 2.75) is 33.0 Å². The van der Waals surface area contributed by atoms with Crippen LogP contribution >= 0.6 is 0 Å². The van der Waals surface area contributed by atoms with Crippen LogP contribution in [0.4, 0.5) is 8.78 Å². The number of hydrogen-bond donors (Lipinski definition) is 1. The molecule has 0 bridgehead atoms. The lowest BCUT2D eigenvalue weighted by molar-refractivity contribution is -0.143. The summed E-state index contributed by atoms with van der Waals surface area (Å²) in [7, 11) is 0. The van der Waals surface area contributed by atoms with E-state index in [0.29, 0.717) is 17.7 Å². The zero-order valence-corrected chi connectivity index (χ0v) is 13.0. The van der Waals surface area contributed by atoms with E-state index in [1.54, 1.807) is 11.5 Å². The molecule has 2 aromatic rings. The van der Waals surface area contributed by atoms with E-state index in [4.69, 9.17) is 0 Å². The topological polar surface area (TPSA) is 88.3 Å². The van der Waals surface area contributed by atoms with Gasteiger partial charge in [-0.15, -0.1) is 10.2 Å². The molecule has 0 fully saturated rings. The molecule has 9 heteroatoms. The average molecular weight is 336 g/mol. The third kappa shape index (κ3) is 2.51. The fourth-order valence-corrected chi connectivity index (χ4v) is 2.71. The van der Waals surface area contributed by atoms with Gasteiger partial charge in [0, 0.05) is 6.07 Å². The summed E-state index contributed by atoms with van der Waals surface area (Å²) in [6, 6.07) is 0.510. The van der Waals surface area contributed by atoms with Crippen LogP contribution in [0, 0.1) is 25.5 Å². The largest absolute Gasteiger partial charge is 0.480 e. The molecule has 0 spiro atoms. The monoisotopic (exact) mass is 336 g/mol. The summed E-state index contributed by atoms with van der Waals surface area (Å²) >= 11 is 0. The molecule has 1 unspecified atom stereocenters. The third-order valence-electron chi connectivity index (χ3n) is 4.08. The van der Waals surface area contributed by atoms with Crippen molar-refractivity contribution < 1.29 is 23.5 Å². The van der Waals surface area contributed by atoms with Gasteiger partial charge in [-0.2, -0.15) is 0 Å². The molecule has 3 rings (SSSR count). The number of carbonyl (C=O) groups is 2. The van der Waals surface area contributed by atoms with Crippen LogP contribution in [0.25, 0.3) is 0 Å². The van der Waals surface area contributed by atoms with Crippen LogP contribution < -0.4 is 0 Å². The minimum Gasteiger partial charge on any atom is -0.480 e. The van der Waals surface area contributed by atoms with Gasteiger partial charge in [-0.05, 0) is 25.5 Å². The number of carboxylic acid groups (broad SMARTS) is 1. The molecule has 0 saturated carbocycles. The molecule has 1 amide bonds. The van der Waals surface area contributed by atoms with Gasteiger partial charge in [0.1, 0.15) is 23.5 Å². The first-order chi connectivity index (χ1) is 11.3. The number of aromatic nitrogens is 3. The molecule has 0 radical (unpaired) electrons. The fraction of sp³-hybridized carbons (Fsp3) is 0.333. The van der Waals surface area contributed by atoms with Gasteiger partial charge in [0.05, 0.1) is 18.7 Å².